The predicted molar refractivity (Wildman–Crippen MR) is 130 cm³/mol. The van der Waals surface area contributed by atoms with Gasteiger partial charge in [-0.15, -0.1) is 11.3 Å². The van der Waals surface area contributed by atoms with Gasteiger partial charge in [-0.25, -0.2) is 15.0 Å². The molecule has 5 aromatic rings. The molecule has 0 spiro atoms. The Hall–Kier alpha value is -3.79. The summed E-state index contributed by atoms with van der Waals surface area (Å²) >= 11 is 1.60. The number of hydrogen-bond donors (Lipinski definition) is 1. The minimum absolute atomic E-state index is 0.291. The highest BCUT2D eigenvalue weighted by atomic mass is 32.1. The van der Waals surface area contributed by atoms with E-state index < -0.39 is 0 Å². The van der Waals surface area contributed by atoms with E-state index in [2.05, 4.69) is 36.1 Å². The highest BCUT2D eigenvalue weighted by Crippen LogP contribution is 2.41. The molecule has 0 bridgehead atoms. The third-order valence-corrected chi connectivity index (χ3v) is 6.57. The number of pyridine rings is 1. The third-order valence-electron chi connectivity index (χ3n) is 5.36. The Labute approximate surface area is 195 Å². The van der Waals surface area contributed by atoms with Crippen LogP contribution in [0.25, 0.3) is 32.4 Å². The van der Waals surface area contributed by atoms with Gasteiger partial charge >= 0.3 is 0 Å². The van der Waals surface area contributed by atoms with Gasteiger partial charge < -0.3 is 14.6 Å². The predicted octanol–water partition coefficient (Wildman–Crippen LogP) is 4.99. The maximum Gasteiger partial charge on any atom is 0.214 e. The van der Waals surface area contributed by atoms with Gasteiger partial charge in [0.1, 0.15) is 22.2 Å². The van der Waals surface area contributed by atoms with Crippen molar-refractivity contribution in [2.45, 2.75) is 26.8 Å². The van der Waals surface area contributed by atoms with E-state index in [0.717, 1.165) is 26.4 Å². The fraction of sp³-hybridized carbons (Fsp3) is 0.261. The molecule has 33 heavy (non-hydrogen) atoms. The van der Waals surface area contributed by atoms with Crippen LogP contribution in [0.1, 0.15) is 25.5 Å². The van der Waals surface area contributed by atoms with Gasteiger partial charge in [0.25, 0.3) is 0 Å². The number of ether oxygens (including phenoxy) is 1. The number of thiophene rings is 1. The summed E-state index contributed by atoms with van der Waals surface area (Å²) in [6.45, 7) is 6.31. The molecule has 0 aliphatic carbocycles. The number of methoxy groups -OCH3 is 1. The van der Waals surface area contributed by atoms with Crippen LogP contribution in [0, 0.1) is 6.92 Å². The van der Waals surface area contributed by atoms with E-state index >= 15 is 0 Å². The lowest BCUT2D eigenvalue weighted by molar-refractivity contribution is 0.398. The van der Waals surface area contributed by atoms with Crippen molar-refractivity contribution >= 4 is 33.2 Å². The molecule has 0 amide bonds. The van der Waals surface area contributed by atoms with E-state index in [-0.39, 0.29) is 0 Å². The molecule has 0 unspecified atom stereocenters. The van der Waals surface area contributed by atoms with E-state index in [9.17, 15) is 0 Å². The van der Waals surface area contributed by atoms with Crippen molar-refractivity contribution in [3.05, 3.63) is 48.4 Å². The number of aromatic nitrogens is 7. The Morgan fingerprint density at radius 1 is 1.09 bits per heavy atom. The van der Waals surface area contributed by atoms with Crippen LogP contribution in [0.2, 0.25) is 0 Å². The van der Waals surface area contributed by atoms with Gasteiger partial charge in [-0.2, -0.15) is 10.1 Å². The van der Waals surface area contributed by atoms with Crippen LogP contribution < -0.4 is 10.1 Å². The van der Waals surface area contributed by atoms with Gasteiger partial charge in [0, 0.05) is 37.7 Å². The fourth-order valence-corrected chi connectivity index (χ4v) is 4.77. The molecule has 5 heterocycles. The molecule has 0 aliphatic rings. The van der Waals surface area contributed by atoms with Crippen LogP contribution in [0.15, 0.2) is 42.9 Å². The zero-order chi connectivity index (χ0) is 23.1. The maximum atomic E-state index is 5.28. The lowest BCUT2D eigenvalue weighted by Gasteiger charge is -2.10. The van der Waals surface area contributed by atoms with Crippen LogP contribution >= 0.6 is 11.3 Å². The van der Waals surface area contributed by atoms with Crippen molar-refractivity contribution in [2.24, 2.45) is 7.05 Å². The first-order chi connectivity index (χ1) is 15.9. The van der Waals surface area contributed by atoms with Crippen molar-refractivity contribution in [1.82, 2.24) is 34.3 Å². The van der Waals surface area contributed by atoms with Gasteiger partial charge in [-0.3, -0.25) is 4.68 Å². The van der Waals surface area contributed by atoms with Crippen LogP contribution in [0.5, 0.6) is 5.88 Å². The lowest BCUT2D eigenvalue weighted by atomic mass is 10.1. The number of fused-ring (bicyclic) bond motifs is 1. The van der Waals surface area contributed by atoms with Crippen molar-refractivity contribution in [2.75, 3.05) is 12.4 Å². The van der Waals surface area contributed by atoms with Crippen molar-refractivity contribution in [3.63, 3.8) is 0 Å². The molecule has 0 atom stereocenters. The summed E-state index contributed by atoms with van der Waals surface area (Å²) < 4.78 is 9.14. The summed E-state index contributed by atoms with van der Waals surface area (Å²) in [6.07, 6.45) is 5.63. The number of nitrogens with zero attached hydrogens (tertiary/aromatic N) is 7. The SMILES string of the molecule is COc1cccc(Nc2nc(-c3nccn3C)nc3sc(-c4ccn(C(C)C)n4)c(C)c23)n1. The van der Waals surface area contributed by atoms with Gasteiger partial charge in [0.05, 0.1) is 17.4 Å². The topological polar surface area (TPSA) is 95.6 Å². The summed E-state index contributed by atoms with van der Waals surface area (Å²) in [6, 6.07) is 7.90. The lowest BCUT2D eigenvalue weighted by Crippen LogP contribution is -2.03. The molecule has 5 rings (SSSR count). The van der Waals surface area contributed by atoms with Gasteiger partial charge in [-0.1, -0.05) is 6.07 Å². The highest BCUT2D eigenvalue weighted by Gasteiger charge is 2.21. The average molecular weight is 461 g/mol. The van der Waals surface area contributed by atoms with Gasteiger partial charge in [0.2, 0.25) is 5.88 Å². The fourth-order valence-electron chi connectivity index (χ4n) is 3.62. The molecule has 0 aliphatic heterocycles. The molecule has 9 nitrogen and oxygen atoms in total. The van der Waals surface area contributed by atoms with Crippen LogP contribution in [0.4, 0.5) is 11.6 Å². The van der Waals surface area contributed by atoms with E-state index in [1.54, 1.807) is 30.7 Å². The molecule has 1 N–H and O–H groups in total. The zero-order valence-electron chi connectivity index (χ0n) is 19.1. The molecule has 168 valence electrons. The molecule has 0 saturated heterocycles. The number of rotatable bonds is 6. The van der Waals surface area contributed by atoms with Crippen LogP contribution in [0.3, 0.4) is 0 Å². The summed E-state index contributed by atoms with van der Waals surface area (Å²) in [7, 11) is 3.52. The minimum atomic E-state index is 0.291. The smallest absolute Gasteiger partial charge is 0.214 e. The number of anilines is 2. The molecule has 0 aromatic carbocycles. The quantitative estimate of drug-likeness (QED) is 0.381. The van der Waals surface area contributed by atoms with Crippen molar-refractivity contribution in [3.8, 4) is 28.1 Å². The van der Waals surface area contributed by atoms with Crippen molar-refractivity contribution < 1.29 is 4.74 Å². The molecular weight excluding hydrogens is 436 g/mol. The molecule has 0 fully saturated rings. The number of aryl methyl sites for hydroxylation is 2. The normalized spacial score (nSPS) is 11.5. The molecule has 0 saturated carbocycles. The number of hydrogen-bond acceptors (Lipinski definition) is 8. The average Bonchev–Trinajstić information content (AvgIpc) is 3.52. The Balaban J connectivity index is 1.69. The largest absolute Gasteiger partial charge is 0.481 e. The monoisotopic (exact) mass is 460 g/mol. The van der Waals surface area contributed by atoms with Crippen molar-refractivity contribution in [1.29, 1.82) is 0 Å². The molecule has 10 heteroatoms. The summed E-state index contributed by atoms with van der Waals surface area (Å²) in [5, 5.41) is 9.09. The van der Waals surface area contributed by atoms with Gasteiger partial charge in [0.15, 0.2) is 11.6 Å². The van der Waals surface area contributed by atoms with Crippen LogP contribution in [-0.2, 0) is 7.05 Å². The van der Waals surface area contributed by atoms with E-state index in [1.165, 1.54) is 0 Å². The molecule has 0 radical (unpaired) electrons. The number of imidazole rings is 1. The number of nitrogens with one attached hydrogen (secondary N) is 1. The highest BCUT2D eigenvalue weighted by molar-refractivity contribution is 7.22. The summed E-state index contributed by atoms with van der Waals surface area (Å²) in [5.74, 6) is 3.06. The summed E-state index contributed by atoms with van der Waals surface area (Å²) in [5.41, 5.74) is 1.99. The Kier molecular flexibility index (Phi) is 5.29. The van der Waals surface area contributed by atoms with E-state index in [0.29, 0.717) is 35.2 Å². The Morgan fingerprint density at radius 2 is 1.94 bits per heavy atom. The van der Waals surface area contributed by atoms with Gasteiger partial charge in [-0.05, 0) is 38.5 Å². The first-order valence-electron chi connectivity index (χ1n) is 10.6. The second kappa shape index (κ2) is 8.28. The second-order valence-electron chi connectivity index (χ2n) is 7.96. The first-order valence-corrected chi connectivity index (χ1v) is 11.4. The molecular formula is C23H24N8OS. The minimum Gasteiger partial charge on any atom is -0.481 e. The second-order valence-corrected chi connectivity index (χ2v) is 8.96. The molecule has 5 aromatic heterocycles. The standard InChI is InChI=1S/C23H24N8OS/c1-13(2)31-11-9-15(29-31)19-14(3)18-20(26-16-7-6-8-17(25-16)32-5)27-21(28-23(18)33-19)22-24-10-12-30(22)4/h6-13H,1-5H3,(H,25,26,27,28). The first kappa shape index (κ1) is 21.1. The third kappa shape index (κ3) is 3.82. The van der Waals surface area contributed by atoms with E-state index in [1.807, 2.05) is 46.9 Å². The Bertz CT molecular complexity index is 1450. The maximum absolute atomic E-state index is 5.28. The van der Waals surface area contributed by atoms with E-state index in [4.69, 9.17) is 19.8 Å². The Morgan fingerprint density at radius 3 is 2.64 bits per heavy atom. The summed E-state index contributed by atoms with van der Waals surface area (Å²) in [4.78, 5) is 20.6. The van der Waals surface area contributed by atoms with Crippen LogP contribution in [-0.4, -0.2) is 41.4 Å². The zero-order valence-corrected chi connectivity index (χ0v) is 19.9.